The molecule has 0 bridgehead atoms. The normalized spacial score (nSPS) is 11.9. The maximum atomic E-state index is 13.2. The van der Waals surface area contributed by atoms with Crippen LogP contribution in [-0.2, 0) is 16.1 Å². The summed E-state index contributed by atoms with van der Waals surface area (Å²) in [5.41, 5.74) is 3.96. The third-order valence-corrected chi connectivity index (χ3v) is 5.63. The Morgan fingerprint density at radius 1 is 1.10 bits per heavy atom. The third kappa shape index (κ3) is 7.00. The number of aryl methyl sites for hydroxylation is 2. The molecule has 5 nitrogen and oxygen atoms in total. The van der Waals surface area contributed by atoms with Crippen molar-refractivity contribution in [1.29, 1.82) is 0 Å². The van der Waals surface area contributed by atoms with Crippen molar-refractivity contribution in [3.8, 4) is 5.75 Å². The number of halogens is 1. The average Bonchev–Trinajstić information content (AvgIpc) is 2.72. The number of carbonyl (C=O) groups excluding carboxylic acids is 2. The van der Waals surface area contributed by atoms with Crippen LogP contribution in [0.5, 0.6) is 5.75 Å². The monoisotopic (exact) mass is 444 g/mol. The van der Waals surface area contributed by atoms with Crippen molar-refractivity contribution in [3.63, 3.8) is 0 Å². The van der Waals surface area contributed by atoms with E-state index in [2.05, 4.69) is 11.4 Å². The molecule has 2 amide bonds. The van der Waals surface area contributed by atoms with Crippen molar-refractivity contribution in [2.45, 2.75) is 54.1 Å². The molecule has 0 heterocycles. The molecule has 0 spiro atoms. The summed E-state index contributed by atoms with van der Waals surface area (Å²) in [5, 5.41) is 3.47. The molecule has 1 unspecified atom stereocenters. The van der Waals surface area contributed by atoms with Crippen LogP contribution in [0.1, 0.15) is 43.0 Å². The minimum Gasteiger partial charge on any atom is -0.483 e. The number of hydrogen-bond donors (Lipinski definition) is 1. The minimum absolute atomic E-state index is 0.157. The average molecular weight is 445 g/mol. The second kappa shape index (κ2) is 11.2. The van der Waals surface area contributed by atoms with Crippen LogP contribution in [0.15, 0.2) is 36.4 Å². The second-order valence-electron chi connectivity index (χ2n) is 8.42. The Morgan fingerprint density at radius 2 is 1.77 bits per heavy atom. The van der Waals surface area contributed by atoms with E-state index in [1.54, 1.807) is 13.0 Å². The summed E-state index contributed by atoms with van der Waals surface area (Å²) in [6.45, 7) is 12.4. The Balaban J connectivity index is 2.21. The van der Waals surface area contributed by atoms with Gasteiger partial charge in [-0.05, 0) is 68.0 Å². The molecule has 0 aliphatic rings. The predicted molar refractivity (Wildman–Crippen MR) is 125 cm³/mol. The van der Waals surface area contributed by atoms with Crippen molar-refractivity contribution in [3.05, 3.63) is 63.7 Å². The molecule has 2 rings (SSSR count). The lowest BCUT2D eigenvalue weighted by Crippen LogP contribution is -2.49. The fraction of sp³-hybridized carbons (Fsp3) is 0.440. The number of nitrogens with one attached hydrogen (secondary N) is 1. The van der Waals surface area contributed by atoms with Crippen molar-refractivity contribution in [2.75, 3.05) is 13.2 Å². The molecule has 1 N–H and O–H groups in total. The highest BCUT2D eigenvalue weighted by Gasteiger charge is 2.27. The molecule has 0 fully saturated rings. The van der Waals surface area contributed by atoms with Gasteiger partial charge >= 0.3 is 0 Å². The van der Waals surface area contributed by atoms with Crippen LogP contribution in [0.2, 0.25) is 5.02 Å². The van der Waals surface area contributed by atoms with Gasteiger partial charge in [0.15, 0.2) is 6.61 Å². The third-order valence-electron chi connectivity index (χ3n) is 5.27. The molecular weight excluding hydrogens is 412 g/mol. The lowest BCUT2D eigenvalue weighted by atomic mass is 10.1. The van der Waals surface area contributed by atoms with Crippen molar-refractivity contribution >= 4 is 23.4 Å². The number of benzene rings is 2. The molecule has 31 heavy (non-hydrogen) atoms. The molecule has 0 aliphatic carbocycles. The quantitative estimate of drug-likeness (QED) is 0.602. The van der Waals surface area contributed by atoms with E-state index in [0.29, 0.717) is 23.2 Å². The van der Waals surface area contributed by atoms with Crippen molar-refractivity contribution < 1.29 is 14.3 Å². The number of rotatable bonds is 9. The van der Waals surface area contributed by atoms with Gasteiger partial charge in [-0.2, -0.15) is 0 Å². The maximum Gasteiger partial charge on any atom is 0.261 e. The first-order valence-corrected chi connectivity index (χ1v) is 11.0. The van der Waals surface area contributed by atoms with Crippen molar-refractivity contribution in [2.24, 2.45) is 5.92 Å². The Labute approximate surface area is 190 Å². The summed E-state index contributed by atoms with van der Waals surface area (Å²) >= 11 is 6.32. The molecule has 0 saturated carbocycles. The summed E-state index contributed by atoms with van der Waals surface area (Å²) in [4.78, 5) is 27.4. The first-order valence-electron chi connectivity index (χ1n) is 10.6. The van der Waals surface area contributed by atoms with Crippen LogP contribution in [0, 0.1) is 26.7 Å². The van der Waals surface area contributed by atoms with E-state index in [4.69, 9.17) is 16.3 Å². The molecule has 0 aromatic heterocycles. The van der Waals surface area contributed by atoms with Crippen LogP contribution in [0.25, 0.3) is 0 Å². The lowest BCUT2D eigenvalue weighted by Gasteiger charge is -2.29. The van der Waals surface area contributed by atoms with E-state index in [0.717, 1.165) is 22.3 Å². The molecule has 2 aromatic carbocycles. The zero-order valence-corrected chi connectivity index (χ0v) is 20.0. The topological polar surface area (TPSA) is 58.6 Å². The molecule has 1 atom stereocenters. The van der Waals surface area contributed by atoms with Crippen LogP contribution < -0.4 is 10.1 Å². The minimum atomic E-state index is -0.661. The Bertz CT molecular complexity index is 927. The van der Waals surface area contributed by atoms with Crippen LogP contribution in [0.4, 0.5) is 0 Å². The fourth-order valence-corrected chi connectivity index (χ4v) is 3.41. The molecule has 6 heteroatoms. The summed E-state index contributed by atoms with van der Waals surface area (Å²) in [5.74, 6) is 0.530. The van der Waals surface area contributed by atoms with Crippen LogP contribution in [-0.4, -0.2) is 35.9 Å². The van der Waals surface area contributed by atoms with Gasteiger partial charge in [0, 0.05) is 18.1 Å². The number of ether oxygens (including phenoxy) is 1. The molecule has 0 aliphatic heterocycles. The molecular formula is C25H33ClN2O3. The zero-order valence-electron chi connectivity index (χ0n) is 19.3. The summed E-state index contributed by atoms with van der Waals surface area (Å²) in [7, 11) is 0. The smallest absolute Gasteiger partial charge is 0.261 e. The highest BCUT2D eigenvalue weighted by Crippen LogP contribution is 2.24. The maximum absolute atomic E-state index is 13.2. The predicted octanol–water partition coefficient (Wildman–Crippen LogP) is 4.83. The first-order chi connectivity index (χ1) is 14.6. The highest BCUT2D eigenvalue weighted by atomic mass is 35.5. The Kier molecular flexibility index (Phi) is 8.93. The number of hydrogen-bond acceptors (Lipinski definition) is 3. The molecule has 0 saturated heterocycles. The number of nitrogens with zero attached hydrogens (tertiary/aromatic N) is 1. The van der Waals surface area contributed by atoms with Gasteiger partial charge in [-0.15, -0.1) is 0 Å². The van der Waals surface area contributed by atoms with Gasteiger partial charge in [-0.3, -0.25) is 9.59 Å². The Hall–Kier alpha value is -2.53. The van der Waals surface area contributed by atoms with Crippen LogP contribution >= 0.6 is 11.6 Å². The lowest BCUT2D eigenvalue weighted by molar-refractivity contribution is -0.142. The van der Waals surface area contributed by atoms with Crippen LogP contribution in [0.3, 0.4) is 0 Å². The van der Waals surface area contributed by atoms with Gasteiger partial charge in [-0.25, -0.2) is 0 Å². The van der Waals surface area contributed by atoms with Gasteiger partial charge in [0.2, 0.25) is 5.91 Å². The van der Waals surface area contributed by atoms with Gasteiger partial charge in [0.25, 0.3) is 5.91 Å². The summed E-state index contributed by atoms with van der Waals surface area (Å²) < 4.78 is 5.88. The molecule has 168 valence electrons. The van der Waals surface area contributed by atoms with E-state index in [1.165, 1.54) is 4.90 Å². The summed E-state index contributed by atoms with van der Waals surface area (Å²) in [6.07, 6.45) is 0. The zero-order chi connectivity index (χ0) is 23.1. The van der Waals surface area contributed by atoms with E-state index in [-0.39, 0.29) is 25.0 Å². The van der Waals surface area contributed by atoms with Crippen molar-refractivity contribution in [1.82, 2.24) is 10.2 Å². The molecule has 0 radical (unpaired) electrons. The van der Waals surface area contributed by atoms with E-state index < -0.39 is 6.04 Å². The fourth-order valence-electron chi connectivity index (χ4n) is 3.22. The molecule has 2 aromatic rings. The SMILES string of the molecule is Cc1cc(C)c(C)c(OCC(=O)N(Cc2ccccc2Cl)C(C)C(=O)NCC(C)C)c1. The number of amides is 2. The first kappa shape index (κ1) is 24.7. The van der Waals surface area contributed by atoms with Gasteiger partial charge in [0.1, 0.15) is 11.8 Å². The van der Waals surface area contributed by atoms with E-state index in [9.17, 15) is 9.59 Å². The van der Waals surface area contributed by atoms with E-state index >= 15 is 0 Å². The van der Waals surface area contributed by atoms with E-state index in [1.807, 2.05) is 58.9 Å². The summed E-state index contributed by atoms with van der Waals surface area (Å²) in [6, 6.07) is 10.7. The standard InChI is InChI=1S/C25H33ClN2O3/c1-16(2)13-27-25(30)20(6)28(14-21-9-7-8-10-22(21)26)24(29)15-31-23-12-17(3)11-18(4)19(23)5/h7-12,16,20H,13-15H2,1-6H3,(H,27,30). The van der Waals surface area contributed by atoms with Gasteiger partial charge < -0.3 is 15.0 Å². The Morgan fingerprint density at radius 3 is 2.42 bits per heavy atom. The van der Waals surface area contributed by atoms with Gasteiger partial charge in [0.05, 0.1) is 0 Å². The largest absolute Gasteiger partial charge is 0.483 e. The second-order valence-corrected chi connectivity index (χ2v) is 8.83. The number of carbonyl (C=O) groups is 2. The van der Waals surface area contributed by atoms with Gasteiger partial charge in [-0.1, -0.05) is 49.7 Å². The highest BCUT2D eigenvalue weighted by molar-refractivity contribution is 6.31.